The number of carbonyl (C=O) groups excluding carboxylic acids is 1. The van der Waals surface area contributed by atoms with E-state index in [1.807, 2.05) is 0 Å². The first-order valence-corrected chi connectivity index (χ1v) is 10.6. The Morgan fingerprint density at radius 1 is 0.962 bits per heavy atom. The highest BCUT2D eigenvalue weighted by atomic mass is 35.5. The number of nitrogens with zero attached hydrogens (tertiary/aromatic N) is 2. The maximum Gasteiger partial charge on any atom is 0.228 e. The van der Waals surface area contributed by atoms with Gasteiger partial charge in [0.05, 0.1) is 5.41 Å². The van der Waals surface area contributed by atoms with Crippen molar-refractivity contribution in [1.29, 1.82) is 0 Å². The Labute approximate surface area is 164 Å². The normalized spacial score (nSPS) is 47.8. The van der Waals surface area contributed by atoms with E-state index in [1.54, 1.807) is 0 Å². The number of piperazine rings is 1. The molecule has 4 nitrogen and oxygen atoms in total. The third-order valence-electron chi connectivity index (χ3n) is 8.20. The minimum absolute atomic E-state index is 0. The van der Waals surface area contributed by atoms with Crippen LogP contribution in [0.4, 0.5) is 0 Å². The van der Waals surface area contributed by atoms with Gasteiger partial charge in [-0.3, -0.25) is 9.69 Å². The van der Waals surface area contributed by atoms with Crippen molar-refractivity contribution in [3.05, 3.63) is 0 Å². The second-order valence-electron chi connectivity index (χ2n) is 10.9. The molecule has 4 bridgehead atoms. The second kappa shape index (κ2) is 6.35. The zero-order valence-electron chi connectivity index (χ0n) is 16.6. The average molecular weight is 382 g/mol. The quantitative estimate of drug-likeness (QED) is 0.798. The molecule has 2 aliphatic heterocycles. The molecule has 4 saturated carbocycles. The van der Waals surface area contributed by atoms with Gasteiger partial charge >= 0.3 is 0 Å². The number of amides is 1. The summed E-state index contributed by atoms with van der Waals surface area (Å²) < 4.78 is 0. The van der Waals surface area contributed by atoms with Gasteiger partial charge in [0.2, 0.25) is 5.91 Å². The molecule has 3 atom stereocenters. The summed E-state index contributed by atoms with van der Waals surface area (Å²) in [4.78, 5) is 18.6. The van der Waals surface area contributed by atoms with Crippen molar-refractivity contribution in [3.8, 4) is 0 Å². The molecule has 1 N–H and O–H groups in total. The standard InChI is InChI=1S/C21H35N3O.ClH/c1-19-9-16-10-20(2,13-19)15-21(11-16,14-19)18(25)24-6-3-17(12-24)23-7-4-22-5-8-23;/h16-17,22H,3-15H2,1-2H3;1H. The van der Waals surface area contributed by atoms with Gasteiger partial charge in [0, 0.05) is 45.3 Å². The summed E-state index contributed by atoms with van der Waals surface area (Å²) in [6.07, 6.45) is 8.81. The fraction of sp³-hybridized carbons (Fsp3) is 0.952. The van der Waals surface area contributed by atoms with Crippen LogP contribution in [0.15, 0.2) is 0 Å². The molecule has 0 aromatic heterocycles. The number of rotatable bonds is 2. The van der Waals surface area contributed by atoms with Crippen molar-refractivity contribution in [2.24, 2.45) is 22.2 Å². The van der Waals surface area contributed by atoms with Gasteiger partial charge in [-0.05, 0) is 61.7 Å². The maximum atomic E-state index is 13.7. The molecule has 0 radical (unpaired) electrons. The predicted octanol–water partition coefficient (Wildman–Crippen LogP) is 2.91. The van der Waals surface area contributed by atoms with Crippen LogP contribution in [0, 0.1) is 22.2 Å². The first-order chi connectivity index (χ1) is 11.9. The first kappa shape index (κ1) is 19.0. The smallest absolute Gasteiger partial charge is 0.228 e. The Morgan fingerprint density at radius 2 is 1.62 bits per heavy atom. The first-order valence-electron chi connectivity index (χ1n) is 10.6. The number of hydrogen-bond donors (Lipinski definition) is 1. The molecule has 0 spiro atoms. The fourth-order valence-electron chi connectivity index (χ4n) is 8.29. The molecule has 5 heteroatoms. The minimum Gasteiger partial charge on any atom is -0.341 e. The van der Waals surface area contributed by atoms with Crippen LogP contribution in [-0.2, 0) is 4.79 Å². The van der Waals surface area contributed by atoms with E-state index in [9.17, 15) is 4.79 Å². The zero-order chi connectivity index (χ0) is 17.3. The molecule has 6 fully saturated rings. The van der Waals surface area contributed by atoms with Crippen LogP contribution >= 0.6 is 12.4 Å². The van der Waals surface area contributed by atoms with Crippen molar-refractivity contribution in [1.82, 2.24) is 15.1 Å². The van der Waals surface area contributed by atoms with E-state index in [1.165, 1.54) is 44.9 Å². The molecule has 4 aliphatic carbocycles. The van der Waals surface area contributed by atoms with Gasteiger partial charge in [-0.2, -0.15) is 0 Å². The number of carbonyl (C=O) groups is 1. The summed E-state index contributed by atoms with van der Waals surface area (Å²) in [5.41, 5.74) is 0.851. The van der Waals surface area contributed by atoms with Crippen LogP contribution < -0.4 is 5.32 Å². The van der Waals surface area contributed by atoms with Crippen LogP contribution in [0.2, 0.25) is 0 Å². The van der Waals surface area contributed by atoms with E-state index >= 15 is 0 Å². The Kier molecular flexibility index (Phi) is 4.65. The van der Waals surface area contributed by atoms with E-state index in [-0.39, 0.29) is 17.8 Å². The summed E-state index contributed by atoms with van der Waals surface area (Å²) in [6, 6.07) is 0.603. The van der Waals surface area contributed by atoms with E-state index in [0.29, 0.717) is 22.8 Å². The Bertz CT molecular complexity index is 558. The molecule has 2 heterocycles. The van der Waals surface area contributed by atoms with Gasteiger partial charge in [-0.25, -0.2) is 0 Å². The molecular weight excluding hydrogens is 346 g/mol. The van der Waals surface area contributed by atoms with Crippen LogP contribution in [0.5, 0.6) is 0 Å². The summed E-state index contributed by atoms with van der Waals surface area (Å²) in [7, 11) is 0. The fourth-order valence-corrected chi connectivity index (χ4v) is 8.29. The second-order valence-corrected chi connectivity index (χ2v) is 10.9. The van der Waals surface area contributed by atoms with Crippen LogP contribution in [0.3, 0.4) is 0 Å². The third-order valence-corrected chi connectivity index (χ3v) is 8.20. The number of hydrogen-bond acceptors (Lipinski definition) is 3. The third kappa shape index (κ3) is 3.00. The lowest BCUT2D eigenvalue weighted by Gasteiger charge is -2.65. The van der Waals surface area contributed by atoms with Gasteiger partial charge in [0.15, 0.2) is 0 Å². The van der Waals surface area contributed by atoms with Crippen molar-refractivity contribution in [2.45, 2.75) is 64.8 Å². The van der Waals surface area contributed by atoms with Gasteiger partial charge in [-0.1, -0.05) is 13.8 Å². The predicted molar refractivity (Wildman–Crippen MR) is 107 cm³/mol. The lowest BCUT2D eigenvalue weighted by molar-refractivity contribution is -0.178. The molecule has 148 valence electrons. The topological polar surface area (TPSA) is 35.6 Å². The number of halogens is 1. The molecule has 0 aromatic rings. The Hall–Kier alpha value is -0.320. The van der Waals surface area contributed by atoms with E-state index in [0.717, 1.165) is 45.2 Å². The van der Waals surface area contributed by atoms with Gasteiger partial charge < -0.3 is 10.2 Å². The molecule has 6 aliphatic rings. The lowest BCUT2D eigenvalue weighted by atomic mass is 9.40. The molecule has 2 saturated heterocycles. The lowest BCUT2D eigenvalue weighted by Crippen LogP contribution is -2.60. The average Bonchev–Trinajstić information content (AvgIpc) is 3.01. The molecule has 0 aromatic carbocycles. The highest BCUT2D eigenvalue weighted by Gasteiger charge is 2.63. The Morgan fingerprint density at radius 3 is 2.23 bits per heavy atom. The van der Waals surface area contributed by atoms with Crippen LogP contribution in [-0.4, -0.2) is 61.0 Å². The molecule has 26 heavy (non-hydrogen) atoms. The van der Waals surface area contributed by atoms with E-state index in [2.05, 4.69) is 29.0 Å². The zero-order valence-corrected chi connectivity index (χ0v) is 17.4. The highest BCUT2D eigenvalue weighted by molar-refractivity contribution is 5.85. The summed E-state index contributed by atoms with van der Waals surface area (Å²) in [5.74, 6) is 1.34. The summed E-state index contributed by atoms with van der Waals surface area (Å²) in [6.45, 7) is 11.4. The van der Waals surface area contributed by atoms with E-state index < -0.39 is 0 Å². The maximum absolute atomic E-state index is 13.7. The van der Waals surface area contributed by atoms with Crippen LogP contribution in [0.1, 0.15) is 58.8 Å². The number of nitrogens with one attached hydrogen (secondary N) is 1. The summed E-state index contributed by atoms with van der Waals surface area (Å²) in [5, 5.41) is 3.45. The highest BCUT2D eigenvalue weighted by Crippen LogP contribution is 2.69. The number of likely N-dealkylation sites (tertiary alicyclic amines) is 1. The van der Waals surface area contributed by atoms with Gasteiger partial charge in [-0.15, -0.1) is 12.4 Å². The van der Waals surface area contributed by atoms with Crippen molar-refractivity contribution < 1.29 is 4.79 Å². The van der Waals surface area contributed by atoms with Crippen molar-refractivity contribution in [2.75, 3.05) is 39.3 Å². The SMILES string of the molecule is CC12CC3CC(C)(C1)CC(C(=O)N1CCC(N4CCNCC4)C1)(C3)C2.Cl. The van der Waals surface area contributed by atoms with Crippen LogP contribution in [0.25, 0.3) is 0 Å². The van der Waals surface area contributed by atoms with Crippen molar-refractivity contribution >= 4 is 18.3 Å². The van der Waals surface area contributed by atoms with Crippen molar-refractivity contribution in [3.63, 3.8) is 0 Å². The molecule has 6 rings (SSSR count). The van der Waals surface area contributed by atoms with Gasteiger partial charge in [0.25, 0.3) is 0 Å². The van der Waals surface area contributed by atoms with E-state index in [4.69, 9.17) is 0 Å². The Balaban J connectivity index is 0.00000168. The minimum atomic E-state index is -0.0126. The van der Waals surface area contributed by atoms with Gasteiger partial charge in [0.1, 0.15) is 0 Å². The largest absolute Gasteiger partial charge is 0.341 e. The molecular formula is C21H36ClN3O. The summed E-state index contributed by atoms with van der Waals surface area (Å²) >= 11 is 0. The molecule has 1 amide bonds. The molecule has 3 unspecified atom stereocenters. The monoisotopic (exact) mass is 381 g/mol.